The summed E-state index contributed by atoms with van der Waals surface area (Å²) in [5.41, 5.74) is -0.373. The number of anilines is 1. The van der Waals surface area contributed by atoms with E-state index in [0.717, 1.165) is 23.5 Å². The van der Waals surface area contributed by atoms with Crippen LogP contribution in [-0.4, -0.2) is 35.1 Å². The zero-order valence-electron chi connectivity index (χ0n) is 12.8. The number of aryl methyl sites for hydroxylation is 1. The van der Waals surface area contributed by atoms with E-state index >= 15 is 0 Å². The topological polar surface area (TPSA) is 53.4 Å². The molecule has 1 aliphatic heterocycles. The number of aliphatic hydroxyl groups excluding tert-OH is 1. The molecule has 4 nitrogen and oxygen atoms in total. The SMILES string of the molecule is Cc1nc(N2CC[C@@H](O)C2)sc1C(=O)c1cccc(C(F)(F)F)c1. The molecule has 1 N–H and O–H groups in total. The van der Waals surface area contributed by atoms with Crippen molar-refractivity contribution < 1.29 is 23.1 Å². The van der Waals surface area contributed by atoms with Crippen LogP contribution in [0.3, 0.4) is 0 Å². The van der Waals surface area contributed by atoms with Gasteiger partial charge < -0.3 is 10.0 Å². The number of ketones is 1. The van der Waals surface area contributed by atoms with E-state index in [2.05, 4.69) is 4.98 Å². The number of β-amino-alcohol motifs (C(OH)–C–C–N with tert-alkyl or cyclic N) is 1. The van der Waals surface area contributed by atoms with Gasteiger partial charge in [0.25, 0.3) is 0 Å². The van der Waals surface area contributed by atoms with Gasteiger partial charge in [-0.1, -0.05) is 23.5 Å². The maximum absolute atomic E-state index is 12.8. The maximum Gasteiger partial charge on any atom is 0.416 e. The van der Waals surface area contributed by atoms with E-state index in [9.17, 15) is 23.1 Å². The first kappa shape index (κ1) is 16.9. The molecule has 8 heteroatoms. The van der Waals surface area contributed by atoms with Gasteiger partial charge in [0.05, 0.1) is 22.2 Å². The number of aliphatic hydroxyl groups is 1. The lowest BCUT2D eigenvalue weighted by atomic mass is 10.1. The van der Waals surface area contributed by atoms with Gasteiger partial charge in [-0.15, -0.1) is 0 Å². The molecule has 1 fully saturated rings. The average molecular weight is 356 g/mol. The lowest BCUT2D eigenvalue weighted by Crippen LogP contribution is -2.20. The van der Waals surface area contributed by atoms with Crippen molar-refractivity contribution in [1.29, 1.82) is 0 Å². The van der Waals surface area contributed by atoms with E-state index in [-0.39, 0.29) is 5.56 Å². The number of rotatable bonds is 3. The highest BCUT2D eigenvalue weighted by atomic mass is 32.1. The molecule has 0 radical (unpaired) electrons. The second-order valence-corrected chi connectivity index (χ2v) is 6.68. The molecule has 0 unspecified atom stereocenters. The summed E-state index contributed by atoms with van der Waals surface area (Å²) in [7, 11) is 0. The highest BCUT2D eigenvalue weighted by Gasteiger charge is 2.31. The van der Waals surface area contributed by atoms with Crippen molar-refractivity contribution in [2.45, 2.75) is 25.6 Å². The molecular formula is C16H15F3N2O2S. The minimum atomic E-state index is -4.49. The van der Waals surface area contributed by atoms with E-state index < -0.39 is 23.6 Å². The van der Waals surface area contributed by atoms with Crippen molar-refractivity contribution in [1.82, 2.24) is 4.98 Å². The quantitative estimate of drug-likeness (QED) is 0.858. The monoisotopic (exact) mass is 356 g/mol. The Labute approximate surface area is 140 Å². The number of hydrogen-bond donors (Lipinski definition) is 1. The van der Waals surface area contributed by atoms with Gasteiger partial charge >= 0.3 is 6.18 Å². The molecule has 0 amide bonds. The number of aromatic nitrogens is 1. The van der Waals surface area contributed by atoms with Crippen LogP contribution in [0.4, 0.5) is 18.3 Å². The summed E-state index contributed by atoms with van der Waals surface area (Å²) < 4.78 is 38.4. The zero-order chi connectivity index (χ0) is 17.5. The number of carbonyl (C=O) groups is 1. The van der Waals surface area contributed by atoms with Gasteiger partial charge in [0.1, 0.15) is 0 Å². The number of benzene rings is 1. The normalized spacial score (nSPS) is 18.2. The number of thiazole rings is 1. The molecule has 1 aromatic carbocycles. The number of halogens is 3. The summed E-state index contributed by atoms with van der Waals surface area (Å²) in [6.07, 6.45) is -4.28. The summed E-state index contributed by atoms with van der Waals surface area (Å²) in [5, 5.41) is 10.2. The minimum absolute atomic E-state index is 0.00965. The molecule has 2 aromatic rings. The third kappa shape index (κ3) is 3.29. The third-order valence-electron chi connectivity index (χ3n) is 3.88. The number of hydrogen-bond acceptors (Lipinski definition) is 5. The Morgan fingerprint density at radius 1 is 1.42 bits per heavy atom. The fraction of sp³-hybridized carbons (Fsp3) is 0.375. The van der Waals surface area contributed by atoms with E-state index in [4.69, 9.17) is 0 Å². The molecule has 0 bridgehead atoms. The Morgan fingerprint density at radius 3 is 2.79 bits per heavy atom. The zero-order valence-corrected chi connectivity index (χ0v) is 13.6. The predicted molar refractivity (Wildman–Crippen MR) is 84.6 cm³/mol. The fourth-order valence-electron chi connectivity index (χ4n) is 2.61. The Bertz CT molecular complexity index is 773. The van der Waals surface area contributed by atoms with Crippen molar-refractivity contribution in [3.05, 3.63) is 46.0 Å². The highest BCUT2D eigenvalue weighted by molar-refractivity contribution is 7.17. The van der Waals surface area contributed by atoms with E-state index in [1.165, 1.54) is 12.1 Å². The molecule has 0 aliphatic carbocycles. The standard InChI is InChI=1S/C16H15F3N2O2S/c1-9-14(24-15(20-9)21-6-5-12(22)8-21)13(23)10-3-2-4-11(7-10)16(17,18)19/h2-4,7,12,22H,5-6,8H2,1H3/t12-/m1/s1. The van der Waals surface area contributed by atoms with Gasteiger partial charge in [-0.05, 0) is 25.5 Å². The number of carbonyl (C=O) groups excluding carboxylic acids is 1. The van der Waals surface area contributed by atoms with Crippen molar-refractivity contribution in [3.8, 4) is 0 Å². The van der Waals surface area contributed by atoms with Crippen LogP contribution >= 0.6 is 11.3 Å². The molecule has 1 aromatic heterocycles. The summed E-state index contributed by atoms with van der Waals surface area (Å²) in [6, 6.07) is 4.40. The molecule has 1 saturated heterocycles. The van der Waals surface area contributed by atoms with Gasteiger partial charge in [-0.2, -0.15) is 13.2 Å². The lowest BCUT2D eigenvalue weighted by Gasteiger charge is -2.12. The smallest absolute Gasteiger partial charge is 0.391 e. The van der Waals surface area contributed by atoms with Crippen molar-refractivity contribution in [2.75, 3.05) is 18.0 Å². The summed E-state index contributed by atoms with van der Waals surface area (Å²) in [6.45, 7) is 2.75. The van der Waals surface area contributed by atoms with Gasteiger partial charge in [-0.25, -0.2) is 4.98 Å². The molecule has 1 atom stereocenters. The van der Waals surface area contributed by atoms with Crippen LogP contribution in [0.25, 0.3) is 0 Å². The molecule has 0 spiro atoms. The van der Waals surface area contributed by atoms with E-state index in [1.807, 2.05) is 4.90 Å². The Kier molecular flexibility index (Phi) is 4.35. The Hall–Kier alpha value is -1.93. The van der Waals surface area contributed by atoms with Gasteiger partial charge in [0, 0.05) is 18.7 Å². The molecule has 2 heterocycles. The number of nitrogens with zero attached hydrogens (tertiary/aromatic N) is 2. The van der Waals surface area contributed by atoms with Crippen LogP contribution in [0.5, 0.6) is 0 Å². The second-order valence-electron chi connectivity index (χ2n) is 5.71. The largest absolute Gasteiger partial charge is 0.416 e. The molecule has 128 valence electrons. The molecule has 1 aliphatic rings. The fourth-order valence-corrected chi connectivity index (χ4v) is 3.68. The summed E-state index contributed by atoms with van der Waals surface area (Å²) in [5.74, 6) is -0.470. The van der Waals surface area contributed by atoms with Gasteiger partial charge in [0.15, 0.2) is 5.13 Å². The second kappa shape index (κ2) is 6.18. The Balaban J connectivity index is 1.89. The van der Waals surface area contributed by atoms with Crippen LogP contribution in [0.15, 0.2) is 24.3 Å². The first-order chi connectivity index (χ1) is 11.3. The molecule has 24 heavy (non-hydrogen) atoms. The third-order valence-corrected chi connectivity index (χ3v) is 5.09. The van der Waals surface area contributed by atoms with E-state index in [1.54, 1.807) is 6.92 Å². The van der Waals surface area contributed by atoms with E-state index in [0.29, 0.717) is 35.2 Å². The summed E-state index contributed by atoms with van der Waals surface area (Å²) >= 11 is 1.15. The molecular weight excluding hydrogens is 341 g/mol. The molecule has 3 rings (SSSR count). The average Bonchev–Trinajstić information content (AvgIpc) is 3.12. The first-order valence-corrected chi connectivity index (χ1v) is 8.20. The van der Waals surface area contributed by atoms with Crippen LogP contribution in [-0.2, 0) is 6.18 Å². The minimum Gasteiger partial charge on any atom is -0.391 e. The predicted octanol–water partition coefficient (Wildman–Crippen LogP) is 3.27. The van der Waals surface area contributed by atoms with Crippen LogP contribution in [0.1, 0.15) is 32.9 Å². The number of alkyl halides is 3. The van der Waals surface area contributed by atoms with Crippen LogP contribution < -0.4 is 4.90 Å². The Morgan fingerprint density at radius 2 is 2.17 bits per heavy atom. The maximum atomic E-state index is 12.8. The van der Waals surface area contributed by atoms with Crippen LogP contribution in [0, 0.1) is 6.92 Å². The van der Waals surface area contributed by atoms with Crippen molar-refractivity contribution >= 4 is 22.3 Å². The van der Waals surface area contributed by atoms with Gasteiger partial charge in [-0.3, -0.25) is 4.79 Å². The van der Waals surface area contributed by atoms with Crippen molar-refractivity contribution in [2.24, 2.45) is 0 Å². The van der Waals surface area contributed by atoms with Gasteiger partial charge in [0.2, 0.25) is 5.78 Å². The van der Waals surface area contributed by atoms with Crippen molar-refractivity contribution in [3.63, 3.8) is 0 Å². The highest BCUT2D eigenvalue weighted by Crippen LogP contribution is 2.33. The first-order valence-electron chi connectivity index (χ1n) is 7.38. The lowest BCUT2D eigenvalue weighted by molar-refractivity contribution is -0.137. The van der Waals surface area contributed by atoms with Crippen LogP contribution in [0.2, 0.25) is 0 Å². The molecule has 0 saturated carbocycles. The summed E-state index contributed by atoms with van der Waals surface area (Å²) in [4.78, 5) is 19.1.